The number of ketones is 1. The van der Waals surface area contributed by atoms with Gasteiger partial charge in [0.25, 0.3) is 0 Å². The highest BCUT2D eigenvalue weighted by molar-refractivity contribution is 6.02. The molecular formula is C24H20O3. The van der Waals surface area contributed by atoms with E-state index in [0.29, 0.717) is 6.42 Å². The summed E-state index contributed by atoms with van der Waals surface area (Å²) in [6, 6.07) is 28.6. The second-order valence-electron chi connectivity index (χ2n) is 6.87. The first-order valence-electron chi connectivity index (χ1n) is 9.09. The summed E-state index contributed by atoms with van der Waals surface area (Å²) in [7, 11) is 0. The highest BCUT2D eigenvalue weighted by Crippen LogP contribution is 2.42. The van der Waals surface area contributed by atoms with E-state index in [4.69, 9.17) is 4.74 Å². The molecule has 27 heavy (non-hydrogen) atoms. The minimum atomic E-state index is -1.07. The van der Waals surface area contributed by atoms with Crippen LogP contribution in [0.3, 0.4) is 0 Å². The summed E-state index contributed by atoms with van der Waals surface area (Å²) >= 11 is 0. The fourth-order valence-electron chi connectivity index (χ4n) is 3.73. The van der Waals surface area contributed by atoms with Crippen molar-refractivity contribution in [3.8, 4) is 0 Å². The SMILES string of the molecule is O=C1CC(c2ccccc2)(c2ccccc2)OC(=O)C1Cc1ccccc1. The molecule has 1 unspecified atom stereocenters. The van der Waals surface area contributed by atoms with Crippen LogP contribution in [-0.4, -0.2) is 11.8 Å². The van der Waals surface area contributed by atoms with Crippen LogP contribution in [0.5, 0.6) is 0 Å². The van der Waals surface area contributed by atoms with Crippen LogP contribution in [0.4, 0.5) is 0 Å². The van der Waals surface area contributed by atoms with Gasteiger partial charge in [-0.2, -0.15) is 0 Å². The molecular weight excluding hydrogens is 336 g/mol. The van der Waals surface area contributed by atoms with Gasteiger partial charge in [0.2, 0.25) is 0 Å². The minimum Gasteiger partial charge on any atom is -0.448 e. The molecule has 3 nitrogen and oxygen atoms in total. The minimum absolute atomic E-state index is 0.0807. The van der Waals surface area contributed by atoms with Gasteiger partial charge < -0.3 is 4.74 Å². The van der Waals surface area contributed by atoms with E-state index in [2.05, 4.69) is 0 Å². The number of carbonyl (C=O) groups excluding carboxylic acids is 2. The monoisotopic (exact) mass is 356 g/mol. The second kappa shape index (κ2) is 7.20. The van der Waals surface area contributed by atoms with Crippen LogP contribution in [0, 0.1) is 5.92 Å². The lowest BCUT2D eigenvalue weighted by Crippen LogP contribution is -2.47. The lowest BCUT2D eigenvalue weighted by atomic mass is 9.76. The molecule has 3 aromatic rings. The van der Waals surface area contributed by atoms with Gasteiger partial charge in [-0.1, -0.05) is 91.0 Å². The Morgan fingerprint density at radius 2 is 1.22 bits per heavy atom. The third-order valence-electron chi connectivity index (χ3n) is 5.13. The van der Waals surface area contributed by atoms with Gasteiger partial charge in [-0.05, 0) is 12.0 Å². The topological polar surface area (TPSA) is 43.4 Å². The van der Waals surface area contributed by atoms with E-state index in [1.807, 2.05) is 91.0 Å². The van der Waals surface area contributed by atoms with E-state index in [-0.39, 0.29) is 12.2 Å². The van der Waals surface area contributed by atoms with Gasteiger partial charge in [0.15, 0.2) is 11.4 Å². The summed E-state index contributed by atoms with van der Waals surface area (Å²) in [5.41, 5.74) is 1.52. The number of hydrogen-bond acceptors (Lipinski definition) is 3. The van der Waals surface area contributed by atoms with Crippen molar-refractivity contribution in [2.75, 3.05) is 0 Å². The zero-order chi connectivity index (χ0) is 18.7. The van der Waals surface area contributed by atoms with Gasteiger partial charge >= 0.3 is 5.97 Å². The number of carbonyl (C=O) groups is 2. The molecule has 3 aromatic carbocycles. The Kier molecular flexibility index (Phi) is 4.59. The first-order valence-corrected chi connectivity index (χ1v) is 9.09. The molecule has 0 aromatic heterocycles. The first kappa shape index (κ1) is 17.2. The third kappa shape index (κ3) is 3.28. The lowest BCUT2D eigenvalue weighted by Gasteiger charge is -2.39. The zero-order valence-electron chi connectivity index (χ0n) is 14.9. The summed E-state index contributed by atoms with van der Waals surface area (Å²) < 4.78 is 6.04. The van der Waals surface area contributed by atoms with E-state index in [1.165, 1.54) is 0 Å². The van der Waals surface area contributed by atoms with Crippen LogP contribution in [0.2, 0.25) is 0 Å². The van der Waals surface area contributed by atoms with Crippen LogP contribution in [0.25, 0.3) is 0 Å². The molecule has 1 atom stereocenters. The number of ether oxygens (including phenoxy) is 1. The van der Waals surface area contributed by atoms with Gasteiger partial charge in [-0.15, -0.1) is 0 Å². The average Bonchev–Trinajstić information content (AvgIpc) is 2.72. The molecule has 0 bridgehead atoms. The molecule has 0 saturated carbocycles. The summed E-state index contributed by atoms with van der Waals surface area (Å²) in [5, 5.41) is 0. The fraction of sp³-hybridized carbons (Fsp3) is 0.167. The Labute approximate surface area is 158 Å². The standard InChI is InChI=1S/C24H20O3/c25-22-17-24(19-12-6-2-7-13-19,20-14-8-3-9-15-20)27-23(26)21(22)16-18-10-4-1-5-11-18/h1-15,21H,16-17H2. The number of Topliss-reactive ketones (excluding diaryl/α,β-unsaturated/α-hetero) is 1. The van der Waals surface area contributed by atoms with Gasteiger partial charge in [0.1, 0.15) is 5.92 Å². The van der Waals surface area contributed by atoms with E-state index in [1.54, 1.807) is 0 Å². The van der Waals surface area contributed by atoms with Crippen LogP contribution in [0.1, 0.15) is 23.1 Å². The van der Waals surface area contributed by atoms with Crippen LogP contribution < -0.4 is 0 Å². The van der Waals surface area contributed by atoms with Crippen molar-refractivity contribution >= 4 is 11.8 Å². The van der Waals surface area contributed by atoms with Crippen LogP contribution >= 0.6 is 0 Å². The smallest absolute Gasteiger partial charge is 0.318 e. The maximum absolute atomic E-state index is 13.1. The largest absolute Gasteiger partial charge is 0.448 e. The van der Waals surface area contributed by atoms with Gasteiger partial charge in [-0.25, -0.2) is 0 Å². The number of cyclic esters (lactones) is 1. The molecule has 0 spiro atoms. The number of benzene rings is 3. The van der Waals surface area contributed by atoms with Crippen LogP contribution in [-0.2, 0) is 26.3 Å². The van der Waals surface area contributed by atoms with Crippen molar-refractivity contribution in [1.29, 1.82) is 0 Å². The van der Waals surface area contributed by atoms with Gasteiger partial charge in [0.05, 0.1) is 6.42 Å². The second-order valence-corrected chi connectivity index (χ2v) is 6.87. The van der Waals surface area contributed by atoms with Crippen LogP contribution in [0.15, 0.2) is 91.0 Å². The molecule has 1 heterocycles. The Hall–Kier alpha value is -3.20. The number of rotatable bonds is 4. The summed E-state index contributed by atoms with van der Waals surface area (Å²) in [4.78, 5) is 26.0. The van der Waals surface area contributed by atoms with Crippen molar-refractivity contribution < 1.29 is 14.3 Å². The highest BCUT2D eigenvalue weighted by atomic mass is 16.6. The van der Waals surface area contributed by atoms with Crippen molar-refractivity contribution in [1.82, 2.24) is 0 Å². The Bertz CT molecular complexity index is 874. The zero-order valence-corrected chi connectivity index (χ0v) is 14.9. The van der Waals surface area contributed by atoms with Crippen molar-refractivity contribution in [2.45, 2.75) is 18.4 Å². The third-order valence-corrected chi connectivity index (χ3v) is 5.13. The van der Waals surface area contributed by atoms with E-state index >= 15 is 0 Å². The quantitative estimate of drug-likeness (QED) is 0.517. The molecule has 3 heteroatoms. The molecule has 0 N–H and O–H groups in total. The molecule has 0 amide bonds. The fourth-order valence-corrected chi connectivity index (χ4v) is 3.73. The van der Waals surface area contributed by atoms with Crippen molar-refractivity contribution in [3.05, 3.63) is 108 Å². The molecule has 0 aliphatic carbocycles. The number of hydrogen-bond donors (Lipinski definition) is 0. The number of esters is 1. The Balaban J connectivity index is 1.71. The maximum atomic E-state index is 13.1. The molecule has 134 valence electrons. The highest BCUT2D eigenvalue weighted by Gasteiger charge is 2.49. The maximum Gasteiger partial charge on any atom is 0.318 e. The molecule has 1 aliphatic rings. The molecule has 1 saturated heterocycles. The van der Waals surface area contributed by atoms with E-state index in [0.717, 1.165) is 16.7 Å². The van der Waals surface area contributed by atoms with Gasteiger partial charge in [-0.3, -0.25) is 9.59 Å². The predicted octanol–water partition coefficient (Wildman–Crippen LogP) is 4.31. The Morgan fingerprint density at radius 3 is 1.70 bits per heavy atom. The molecule has 1 fully saturated rings. The summed E-state index contributed by atoms with van der Waals surface area (Å²) in [6.45, 7) is 0. The molecule has 0 radical (unpaired) electrons. The molecule has 4 rings (SSSR count). The Morgan fingerprint density at radius 1 is 0.741 bits per heavy atom. The van der Waals surface area contributed by atoms with Crippen molar-refractivity contribution in [2.24, 2.45) is 5.92 Å². The average molecular weight is 356 g/mol. The lowest BCUT2D eigenvalue weighted by molar-refractivity contribution is -0.174. The summed E-state index contributed by atoms with van der Waals surface area (Å²) in [6.07, 6.45) is 0.516. The van der Waals surface area contributed by atoms with E-state index in [9.17, 15) is 9.59 Å². The van der Waals surface area contributed by atoms with Gasteiger partial charge in [0, 0.05) is 11.1 Å². The normalized spacial score (nSPS) is 18.7. The van der Waals surface area contributed by atoms with E-state index < -0.39 is 17.5 Å². The summed E-state index contributed by atoms with van der Waals surface area (Å²) in [5.74, 6) is -1.29. The first-order chi connectivity index (χ1) is 13.2. The van der Waals surface area contributed by atoms with Crippen molar-refractivity contribution in [3.63, 3.8) is 0 Å². The molecule has 1 aliphatic heterocycles. The predicted molar refractivity (Wildman–Crippen MR) is 103 cm³/mol.